The van der Waals surface area contributed by atoms with Crippen molar-refractivity contribution in [1.82, 2.24) is 4.98 Å². The number of nitrogens with one attached hydrogen (secondary N) is 1. The standard InChI is InChI=1S/C14H14FN3O2S/c1-2-20-13(19)7-12-9-21-14(17-12)18-16-8-10-4-3-5-11(15)6-10/h3-6,8-9H,2,7H2,1H3,(H,17,18)/b16-8-. The molecule has 0 saturated heterocycles. The first kappa shape index (κ1) is 15.1. The maximum absolute atomic E-state index is 13.0. The van der Waals surface area contributed by atoms with Crippen LogP contribution in [0.25, 0.3) is 0 Å². The van der Waals surface area contributed by atoms with E-state index >= 15 is 0 Å². The highest BCUT2D eigenvalue weighted by atomic mass is 32.1. The number of esters is 1. The van der Waals surface area contributed by atoms with Crippen LogP contribution in [0, 0.1) is 5.82 Å². The maximum atomic E-state index is 13.0. The Morgan fingerprint density at radius 3 is 3.19 bits per heavy atom. The number of rotatable bonds is 6. The summed E-state index contributed by atoms with van der Waals surface area (Å²) in [5.41, 5.74) is 4.01. The molecule has 0 aliphatic carbocycles. The predicted molar refractivity (Wildman–Crippen MR) is 80.1 cm³/mol. The minimum Gasteiger partial charge on any atom is -0.466 e. The Bertz CT molecular complexity index is 643. The molecule has 0 fully saturated rings. The fourth-order valence-electron chi connectivity index (χ4n) is 1.55. The van der Waals surface area contributed by atoms with Gasteiger partial charge in [-0.3, -0.25) is 10.2 Å². The fraction of sp³-hybridized carbons (Fsp3) is 0.214. The highest BCUT2D eigenvalue weighted by molar-refractivity contribution is 7.13. The zero-order valence-corrected chi connectivity index (χ0v) is 12.2. The number of aromatic nitrogens is 1. The lowest BCUT2D eigenvalue weighted by molar-refractivity contribution is -0.142. The van der Waals surface area contributed by atoms with Crippen molar-refractivity contribution in [2.24, 2.45) is 5.10 Å². The van der Waals surface area contributed by atoms with E-state index in [9.17, 15) is 9.18 Å². The van der Waals surface area contributed by atoms with Crippen LogP contribution in [-0.4, -0.2) is 23.8 Å². The number of benzene rings is 1. The van der Waals surface area contributed by atoms with Crippen molar-refractivity contribution in [3.8, 4) is 0 Å². The van der Waals surface area contributed by atoms with Crippen LogP contribution in [0.2, 0.25) is 0 Å². The molecule has 0 amide bonds. The van der Waals surface area contributed by atoms with Gasteiger partial charge in [0.05, 0.1) is 24.9 Å². The second-order valence-corrected chi connectivity index (χ2v) is 4.91. The minimum absolute atomic E-state index is 0.139. The molecule has 0 unspecified atom stereocenters. The summed E-state index contributed by atoms with van der Waals surface area (Å²) >= 11 is 1.33. The monoisotopic (exact) mass is 307 g/mol. The zero-order chi connectivity index (χ0) is 15.1. The lowest BCUT2D eigenvalue weighted by atomic mass is 10.2. The molecule has 0 saturated carbocycles. The molecule has 0 atom stereocenters. The van der Waals surface area contributed by atoms with Gasteiger partial charge in [-0.05, 0) is 24.6 Å². The van der Waals surface area contributed by atoms with E-state index in [1.165, 1.54) is 29.7 Å². The van der Waals surface area contributed by atoms with E-state index in [2.05, 4.69) is 15.5 Å². The zero-order valence-electron chi connectivity index (χ0n) is 11.4. The number of halogens is 1. The second-order valence-electron chi connectivity index (χ2n) is 4.05. The van der Waals surface area contributed by atoms with Gasteiger partial charge in [-0.25, -0.2) is 9.37 Å². The van der Waals surface area contributed by atoms with E-state index < -0.39 is 0 Å². The summed E-state index contributed by atoms with van der Waals surface area (Å²) in [6.45, 7) is 2.11. The molecule has 1 aromatic heterocycles. The van der Waals surface area contributed by atoms with Crippen LogP contribution in [0.15, 0.2) is 34.7 Å². The van der Waals surface area contributed by atoms with Crippen molar-refractivity contribution in [3.05, 3.63) is 46.7 Å². The normalized spacial score (nSPS) is 10.8. The highest BCUT2D eigenvalue weighted by Gasteiger charge is 2.07. The third-order valence-electron chi connectivity index (χ3n) is 2.41. The topological polar surface area (TPSA) is 63.6 Å². The molecular formula is C14H14FN3O2S. The molecule has 7 heteroatoms. The average Bonchev–Trinajstić information content (AvgIpc) is 2.86. The molecule has 1 heterocycles. The Morgan fingerprint density at radius 2 is 2.43 bits per heavy atom. The Kier molecular flexibility index (Phi) is 5.39. The van der Waals surface area contributed by atoms with Gasteiger partial charge in [0.2, 0.25) is 5.13 Å². The Balaban J connectivity index is 1.89. The van der Waals surface area contributed by atoms with Crippen LogP contribution >= 0.6 is 11.3 Å². The van der Waals surface area contributed by atoms with E-state index in [1.54, 1.807) is 24.4 Å². The van der Waals surface area contributed by atoms with Gasteiger partial charge in [0.15, 0.2) is 0 Å². The molecule has 0 spiro atoms. The summed E-state index contributed by atoms with van der Waals surface area (Å²) in [5, 5.41) is 6.29. The number of carbonyl (C=O) groups excluding carboxylic acids is 1. The van der Waals surface area contributed by atoms with Crippen molar-refractivity contribution in [1.29, 1.82) is 0 Å². The smallest absolute Gasteiger partial charge is 0.311 e. The molecule has 0 bridgehead atoms. The molecule has 1 aromatic carbocycles. The van der Waals surface area contributed by atoms with Crippen molar-refractivity contribution >= 4 is 28.7 Å². The van der Waals surface area contributed by atoms with Gasteiger partial charge in [0.25, 0.3) is 0 Å². The summed E-state index contributed by atoms with van der Waals surface area (Å²) < 4.78 is 17.8. The van der Waals surface area contributed by atoms with Gasteiger partial charge in [-0.2, -0.15) is 5.10 Å². The first-order valence-electron chi connectivity index (χ1n) is 6.32. The van der Waals surface area contributed by atoms with Gasteiger partial charge in [-0.15, -0.1) is 11.3 Å². The number of hydrazone groups is 1. The summed E-state index contributed by atoms with van der Waals surface area (Å²) in [6.07, 6.45) is 1.63. The second kappa shape index (κ2) is 7.49. The van der Waals surface area contributed by atoms with E-state index in [0.717, 1.165) is 0 Å². The number of anilines is 1. The molecular weight excluding hydrogens is 293 g/mol. The molecule has 5 nitrogen and oxygen atoms in total. The van der Waals surface area contributed by atoms with Crippen molar-refractivity contribution < 1.29 is 13.9 Å². The van der Waals surface area contributed by atoms with Gasteiger partial charge in [0.1, 0.15) is 5.82 Å². The number of thiazole rings is 1. The average molecular weight is 307 g/mol. The molecule has 0 aliphatic heterocycles. The van der Waals surface area contributed by atoms with Crippen LogP contribution in [0.3, 0.4) is 0 Å². The van der Waals surface area contributed by atoms with Crippen LogP contribution in [0.5, 0.6) is 0 Å². The maximum Gasteiger partial charge on any atom is 0.311 e. The van der Waals surface area contributed by atoms with Gasteiger partial charge in [0, 0.05) is 5.38 Å². The third-order valence-corrected chi connectivity index (χ3v) is 3.20. The first-order chi connectivity index (χ1) is 10.2. The van der Waals surface area contributed by atoms with Gasteiger partial charge >= 0.3 is 5.97 Å². The van der Waals surface area contributed by atoms with Crippen molar-refractivity contribution in [2.45, 2.75) is 13.3 Å². The van der Waals surface area contributed by atoms with Crippen LogP contribution in [-0.2, 0) is 16.0 Å². The van der Waals surface area contributed by atoms with Crippen molar-refractivity contribution in [2.75, 3.05) is 12.0 Å². The summed E-state index contributed by atoms with van der Waals surface area (Å²) in [4.78, 5) is 15.5. The van der Waals surface area contributed by atoms with Crippen molar-refractivity contribution in [3.63, 3.8) is 0 Å². The molecule has 21 heavy (non-hydrogen) atoms. The SMILES string of the molecule is CCOC(=O)Cc1csc(N/N=C\c2cccc(F)c2)n1. The number of hydrogen-bond donors (Lipinski definition) is 1. The number of nitrogens with zero attached hydrogens (tertiary/aromatic N) is 2. The van der Waals surface area contributed by atoms with E-state index in [1.807, 2.05) is 0 Å². The number of ether oxygens (including phenoxy) is 1. The van der Waals surface area contributed by atoms with E-state index in [-0.39, 0.29) is 18.2 Å². The predicted octanol–water partition coefficient (Wildman–Crippen LogP) is 2.83. The minimum atomic E-state index is -0.315. The molecule has 2 rings (SSSR count). The Hall–Kier alpha value is -2.28. The van der Waals surface area contributed by atoms with E-state index in [4.69, 9.17) is 4.74 Å². The van der Waals surface area contributed by atoms with Gasteiger partial charge < -0.3 is 4.74 Å². The highest BCUT2D eigenvalue weighted by Crippen LogP contribution is 2.16. The van der Waals surface area contributed by atoms with Crippen LogP contribution in [0.1, 0.15) is 18.2 Å². The first-order valence-corrected chi connectivity index (χ1v) is 7.20. The van der Waals surface area contributed by atoms with Crippen LogP contribution in [0.4, 0.5) is 9.52 Å². The molecule has 0 radical (unpaired) electrons. The number of carbonyl (C=O) groups is 1. The summed E-state index contributed by atoms with van der Waals surface area (Å²) in [5.74, 6) is -0.623. The van der Waals surface area contributed by atoms with Crippen LogP contribution < -0.4 is 5.43 Å². The molecule has 0 aliphatic rings. The quantitative estimate of drug-likeness (QED) is 0.506. The largest absolute Gasteiger partial charge is 0.466 e. The lowest BCUT2D eigenvalue weighted by Crippen LogP contribution is -2.07. The Labute approximate surface area is 125 Å². The fourth-order valence-corrected chi connectivity index (χ4v) is 2.21. The molecule has 1 N–H and O–H groups in total. The number of hydrogen-bond acceptors (Lipinski definition) is 6. The summed E-state index contributed by atoms with van der Waals surface area (Å²) in [7, 11) is 0. The lowest BCUT2D eigenvalue weighted by Gasteiger charge is -1.98. The third kappa shape index (κ3) is 4.96. The Morgan fingerprint density at radius 1 is 1.57 bits per heavy atom. The summed E-state index contributed by atoms with van der Waals surface area (Å²) in [6, 6.07) is 6.09. The van der Waals surface area contributed by atoms with E-state index in [0.29, 0.717) is 23.0 Å². The van der Waals surface area contributed by atoms with Gasteiger partial charge in [-0.1, -0.05) is 12.1 Å². The molecule has 2 aromatic rings. The molecule has 110 valence electrons.